The number of rotatable bonds is 4. The number of hydrogen-bond acceptors (Lipinski definition) is 3. The first-order chi connectivity index (χ1) is 11.2. The number of aromatic nitrogens is 1. The van der Waals surface area contributed by atoms with Crippen LogP contribution in [0.3, 0.4) is 0 Å². The van der Waals surface area contributed by atoms with Gasteiger partial charge in [-0.3, -0.25) is 4.79 Å². The van der Waals surface area contributed by atoms with Crippen molar-refractivity contribution in [1.82, 2.24) is 4.98 Å². The lowest BCUT2D eigenvalue weighted by Gasteiger charge is -2.12. The smallest absolute Gasteiger partial charge is 0.382 e. The third-order valence-corrected chi connectivity index (χ3v) is 3.31. The number of alkyl halides is 3. The Bertz CT molecular complexity index is 730. The number of benzene rings is 1. The second kappa shape index (κ2) is 7.09. The number of pyridine rings is 1. The fraction of sp³-hybridized carbons (Fsp3) is 0.250. The molecule has 0 aliphatic heterocycles. The van der Waals surface area contributed by atoms with E-state index in [2.05, 4.69) is 15.6 Å². The van der Waals surface area contributed by atoms with Gasteiger partial charge in [0.15, 0.2) is 0 Å². The molecule has 2 aromatic rings. The summed E-state index contributed by atoms with van der Waals surface area (Å²) in [5, 5.41) is 5.07. The van der Waals surface area contributed by atoms with E-state index in [-0.39, 0.29) is 17.4 Å². The molecule has 0 saturated carbocycles. The lowest BCUT2D eigenvalue weighted by Crippen LogP contribution is -2.15. The largest absolute Gasteiger partial charge is 0.417 e. The number of carbonyl (C=O) groups is 1. The molecule has 2 N–H and O–H groups in total. The van der Waals surface area contributed by atoms with Crippen LogP contribution in [0.2, 0.25) is 5.02 Å². The number of amides is 1. The lowest BCUT2D eigenvalue weighted by molar-refractivity contribution is -0.137. The summed E-state index contributed by atoms with van der Waals surface area (Å²) in [5.74, 6) is -0.610. The van der Waals surface area contributed by atoms with E-state index in [0.717, 1.165) is 17.8 Å². The summed E-state index contributed by atoms with van der Waals surface area (Å²) in [6.07, 6.45) is -3.11. The van der Waals surface area contributed by atoms with Crippen molar-refractivity contribution >= 4 is 28.9 Å². The monoisotopic (exact) mass is 357 g/mol. The Morgan fingerprint density at radius 2 is 1.83 bits per heavy atom. The highest BCUT2D eigenvalue weighted by atomic mass is 35.5. The minimum atomic E-state index is -4.60. The van der Waals surface area contributed by atoms with Crippen LogP contribution >= 0.6 is 11.6 Å². The van der Waals surface area contributed by atoms with E-state index in [1.165, 1.54) is 18.3 Å². The molecule has 0 atom stereocenters. The molecule has 0 spiro atoms. The zero-order valence-corrected chi connectivity index (χ0v) is 13.7. The molecule has 0 fully saturated rings. The van der Waals surface area contributed by atoms with Gasteiger partial charge in [0.25, 0.3) is 5.91 Å². The molecular formula is C16H15ClF3N3O. The Kier molecular flexibility index (Phi) is 5.33. The van der Waals surface area contributed by atoms with Crippen LogP contribution in [0.15, 0.2) is 36.5 Å². The van der Waals surface area contributed by atoms with Crippen LogP contribution < -0.4 is 10.6 Å². The molecule has 2 rings (SSSR count). The van der Waals surface area contributed by atoms with E-state index < -0.39 is 22.7 Å². The standard InChI is InChI=1S/C16H15ClF3N3O/c1-9(2)22-11-4-6-14(21-8-11)15(24)23-10-3-5-13(17)12(7-10)16(18,19)20/h3-9,22H,1-2H3,(H,23,24). The number of carbonyl (C=O) groups excluding carboxylic acids is 1. The molecule has 1 aromatic carbocycles. The number of halogens is 4. The maximum atomic E-state index is 12.8. The number of hydrogen-bond donors (Lipinski definition) is 2. The Balaban J connectivity index is 2.15. The van der Waals surface area contributed by atoms with Gasteiger partial charge in [-0.2, -0.15) is 13.2 Å². The molecule has 128 valence electrons. The van der Waals surface area contributed by atoms with Gasteiger partial charge in [-0.1, -0.05) is 11.6 Å². The summed E-state index contributed by atoms with van der Waals surface area (Å²) in [6, 6.07) is 6.54. The molecule has 0 radical (unpaired) electrons. The highest BCUT2D eigenvalue weighted by molar-refractivity contribution is 6.31. The van der Waals surface area contributed by atoms with Crippen LogP contribution in [0.5, 0.6) is 0 Å². The number of nitrogens with zero attached hydrogens (tertiary/aromatic N) is 1. The normalized spacial score (nSPS) is 11.5. The number of nitrogens with one attached hydrogen (secondary N) is 2. The van der Waals surface area contributed by atoms with Crippen LogP contribution in [0.25, 0.3) is 0 Å². The lowest BCUT2D eigenvalue weighted by atomic mass is 10.2. The van der Waals surface area contributed by atoms with Crippen molar-refractivity contribution in [3.8, 4) is 0 Å². The van der Waals surface area contributed by atoms with Gasteiger partial charge in [-0.25, -0.2) is 4.98 Å². The van der Waals surface area contributed by atoms with Crippen LogP contribution in [0.1, 0.15) is 29.9 Å². The second-order valence-corrected chi connectivity index (χ2v) is 5.78. The van der Waals surface area contributed by atoms with E-state index in [1.807, 2.05) is 13.8 Å². The van der Waals surface area contributed by atoms with E-state index in [4.69, 9.17) is 11.6 Å². The van der Waals surface area contributed by atoms with Gasteiger partial charge < -0.3 is 10.6 Å². The summed E-state index contributed by atoms with van der Waals surface area (Å²) < 4.78 is 38.5. The van der Waals surface area contributed by atoms with Gasteiger partial charge in [-0.05, 0) is 44.2 Å². The molecule has 1 heterocycles. The van der Waals surface area contributed by atoms with Crippen molar-refractivity contribution in [3.63, 3.8) is 0 Å². The summed E-state index contributed by atoms with van der Waals surface area (Å²) in [7, 11) is 0. The number of anilines is 2. The van der Waals surface area contributed by atoms with Crippen LogP contribution in [0, 0.1) is 0 Å². The van der Waals surface area contributed by atoms with Crippen molar-refractivity contribution in [1.29, 1.82) is 0 Å². The predicted molar refractivity (Wildman–Crippen MR) is 87.4 cm³/mol. The molecule has 24 heavy (non-hydrogen) atoms. The van der Waals surface area contributed by atoms with Gasteiger partial charge in [0, 0.05) is 11.7 Å². The average molecular weight is 358 g/mol. The van der Waals surface area contributed by atoms with Crippen molar-refractivity contribution in [2.75, 3.05) is 10.6 Å². The predicted octanol–water partition coefficient (Wildman–Crippen LogP) is 4.83. The van der Waals surface area contributed by atoms with E-state index in [9.17, 15) is 18.0 Å². The van der Waals surface area contributed by atoms with Crippen LogP contribution in [-0.4, -0.2) is 16.9 Å². The van der Waals surface area contributed by atoms with Gasteiger partial charge >= 0.3 is 6.18 Å². The second-order valence-electron chi connectivity index (χ2n) is 5.38. The third kappa shape index (κ3) is 4.61. The molecule has 0 saturated heterocycles. The average Bonchev–Trinajstić information content (AvgIpc) is 2.48. The third-order valence-electron chi connectivity index (χ3n) is 2.98. The highest BCUT2D eigenvalue weighted by Crippen LogP contribution is 2.36. The molecule has 1 aromatic heterocycles. The minimum absolute atomic E-state index is 0.0112. The summed E-state index contributed by atoms with van der Waals surface area (Å²) in [4.78, 5) is 16.1. The maximum Gasteiger partial charge on any atom is 0.417 e. The quantitative estimate of drug-likeness (QED) is 0.824. The zero-order valence-electron chi connectivity index (χ0n) is 12.9. The first-order valence-electron chi connectivity index (χ1n) is 7.07. The fourth-order valence-electron chi connectivity index (χ4n) is 1.96. The molecular weight excluding hydrogens is 343 g/mol. The Labute approximate surface area is 142 Å². The molecule has 0 unspecified atom stereocenters. The first-order valence-corrected chi connectivity index (χ1v) is 7.45. The Morgan fingerprint density at radius 1 is 1.17 bits per heavy atom. The Morgan fingerprint density at radius 3 is 2.38 bits per heavy atom. The van der Waals surface area contributed by atoms with Gasteiger partial charge in [0.05, 0.1) is 22.5 Å². The van der Waals surface area contributed by atoms with Crippen molar-refractivity contribution in [3.05, 3.63) is 52.8 Å². The van der Waals surface area contributed by atoms with Crippen LogP contribution in [-0.2, 0) is 6.18 Å². The van der Waals surface area contributed by atoms with Gasteiger partial charge in [0.1, 0.15) is 5.69 Å². The topological polar surface area (TPSA) is 54.0 Å². The minimum Gasteiger partial charge on any atom is -0.382 e. The highest BCUT2D eigenvalue weighted by Gasteiger charge is 2.33. The molecule has 0 aliphatic carbocycles. The Hall–Kier alpha value is -2.28. The van der Waals surface area contributed by atoms with Crippen molar-refractivity contribution in [2.45, 2.75) is 26.1 Å². The first kappa shape index (κ1) is 18.1. The zero-order chi connectivity index (χ0) is 17.9. The van der Waals surface area contributed by atoms with Crippen molar-refractivity contribution < 1.29 is 18.0 Å². The van der Waals surface area contributed by atoms with E-state index in [1.54, 1.807) is 6.07 Å². The summed E-state index contributed by atoms with van der Waals surface area (Å²) >= 11 is 5.54. The summed E-state index contributed by atoms with van der Waals surface area (Å²) in [6.45, 7) is 3.92. The van der Waals surface area contributed by atoms with Gasteiger partial charge in [-0.15, -0.1) is 0 Å². The summed E-state index contributed by atoms with van der Waals surface area (Å²) in [5.41, 5.74) is -0.186. The van der Waals surface area contributed by atoms with E-state index >= 15 is 0 Å². The van der Waals surface area contributed by atoms with Gasteiger partial charge in [0.2, 0.25) is 0 Å². The van der Waals surface area contributed by atoms with E-state index in [0.29, 0.717) is 0 Å². The van der Waals surface area contributed by atoms with Crippen LogP contribution in [0.4, 0.5) is 24.5 Å². The molecule has 0 bridgehead atoms. The molecule has 1 amide bonds. The molecule has 8 heteroatoms. The van der Waals surface area contributed by atoms with Crippen molar-refractivity contribution in [2.24, 2.45) is 0 Å². The fourth-order valence-corrected chi connectivity index (χ4v) is 2.19. The molecule has 0 aliphatic rings. The SMILES string of the molecule is CC(C)Nc1ccc(C(=O)Nc2ccc(Cl)c(C(F)(F)F)c2)nc1. The maximum absolute atomic E-state index is 12.8. The molecule has 4 nitrogen and oxygen atoms in total.